The number of nitrogens with one attached hydrogen (secondary N) is 1. The van der Waals surface area contributed by atoms with E-state index < -0.39 is 0 Å². The molecule has 25 heavy (non-hydrogen) atoms. The molecule has 1 N–H and O–H groups in total. The van der Waals surface area contributed by atoms with Crippen molar-refractivity contribution in [3.05, 3.63) is 0 Å². The van der Waals surface area contributed by atoms with E-state index in [4.69, 9.17) is 14.2 Å². The van der Waals surface area contributed by atoms with Crippen molar-refractivity contribution < 1.29 is 14.2 Å². The molecule has 6 nitrogen and oxygen atoms in total. The molecule has 1 heterocycles. The fourth-order valence-corrected chi connectivity index (χ4v) is 2.93. The highest BCUT2D eigenvalue weighted by Gasteiger charge is 2.22. The van der Waals surface area contributed by atoms with Crippen LogP contribution in [0.1, 0.15) is 38.5 Å². The number of likely N-dealkylation sites (tertiary alicyclic amines) is 1. The molecule has 0 unspecified atom stereocenters. The maximum atomic E-state index is 5.91. The number of methoxy groups -OCH3 is 1. The van der Waals surface area contributed by atoms with E-state index in [0.29, 0.717) is 6.10 Å². The van der Waals surface area contributed by atoms with E-state index in [0.717, 1.165) is 83.6 Å². The Bertz CT molecular complexity index is 359. The van der Waals surface area contributed by atoms with Crippen molar-refractivity contribution in [3.8, 4) is 0 Å². The van der Waals surface area contributed by atoms with Crippen molar-refractivity contribution in [1.29, 1.82) is 0 Å². The number of hydrogen-bond donors (Lipinski definition) is 1. The number of piperidine rings is 1. The maximum absolute atomic E-state index is 5.91. The quantitative estimate of drug-likeness (QED) is 0.218. The lowest BCUT2D eigenvalue weighted by molar-refractivity contribution is 0.00990. The standard InChI is InChI=1S/C18H35N3O3.HI/c1-19-18(20-9-3-13-23-15-16-5-6-16)21-10-7-17(8-11-21)24-14-4-12-22-2;/h16-17H,3-15H2,1-2H3,(H,19,20);1H. The average Bonchev–Trinajstić information content (AvgIpc) is 3.43. The van der Waals surface area contributed by atoms with Crippen molar-refractivity contribution in [2.45, 2.75) is 44.6 Å². The smallest absolute Gasteiger partial charge is 0.193 e. The summed E-state index contributed by atoms with van der Waals surface area (Å²) >= 11 is 0. The van der Waals surface area contributed by atoms with E-state index in [1.165, 1.54) is 12.8 Å². The Kier molecular flexibility index (Phi) is 12.8. The van der Waals surface area contributed by atoms with E-state index in [1.54, 1.807) is 7.11 Å². The summed E-state index contributed by atoms with van der Waals surface area (Å²) in [5.74, 6) is 1.86. The van der Waals surface area contributed by atoms with Crippen LogP contribution < -0.4 is 5.32 Å². The minimum absolute atomic E-state index is 0. The third kappa shape index (κ3) is 9.96. The van der Waals surface area contributed by atoms with Crippen molar-refractivity contribution in [1.82, 2.24) is 10.2 Å². The number of halogens is 1. The topological polar surface area (TPSA) is 55.3 Å². The molecule has 0 atom stereocenters. The van der Waals surface area contributed by atoms with E-state index >= 15 is 0 Å². The Balaban J connectivity index is 0.00000312. The van der Waals surface area contributed by atoms with Gasteiger partial charge in [-0.3, -0.25) is 4.99 Å². The summed E-state index contributed by atoms with van der Waals surface area (Å²) in [5.41, 5.74) is 0. The normalized spacial score (nSPS) is 19.0. The molecule has 0 radical (unpaired) electrons. The van der Waals surface area contributed by atoms with Crippen molar-refractivity contribution in [3.63, 3.8) is 0 Å². The van der Waals surface area contributed by atoms with Gasteiger partial charge < -0.3 is 24.4 Å². The first-order valence-corrected chi connectivity index (χ1v) is 9.47. The summed E-state index contributed by atoms with van der Waals surface area (Å²) in [6, 6.07) is 0. The minimum atomic E-state index is 0. The summed E-state index contributed by atoms with van der Waals surface area (Å²) in [5, 5.41) is 3.46. The summed E-state index contributed by atoms with van der Waals surface area (Å²) < 4.78 is 16.6. The molecule has 1 aliphatic carbocycles. The van der Waals surface area contributed by atoms with Gasteiger partial charge >= 0.3 is 0 Å². The number of rotatable bonds is 11. The van der Waals surface area contributed by atoms with E-state index in [-0.39, 0.29) is 24.0 Å². The number of nitrogens with zero attached hydrogens (tertiary/aromatic N) is 2. The molecule has 2 aliphatic rings. The summed E-state index contributed by atoms with van der Waals surface area (Å²) in [4.78, 5) is 6.75. The molecule has 0 aromatic rings. The van der Waals surface area contributed by atoms with Crippen LogP contribution in [-0.2, 0) is 14.2 Å². The fourth-order valence-electron chi connectivity index (χ4n) is 2.93. The molecular formula is C18H36IN3O3. The third-order valence-corrected chi connectivity index (χ3v) is 4.60. The number of ether oxygens (including phenoxy) is 3. The molecule has 2 fully saturated rings. The van der Waals surface area contributed by atoms with Gasteiger partial charge in [-0.1, -0.05) is 0 Å². The van der Waals surface area contributed by atoms with Crippen LogP contribution in [0.3, 0.4) is 0 Å². The molecule has 1 saturated carbocycles. The van der Waals surface area contributed by atoms with Gasteiger partial charge in [0.05, 0.1) is 6.10 Å². The van der Waals surface area contributed by atoms with Gasteiger partial charge in [-0.2, -0.15) is 0 Å². The second kappa shape index (κ2) is 14.0. The SMILES string of the molecule is CN=C(NCCCOCC1CC1)N1CCC(OCCCOC)CC1.I. The monoisotopic (exact) mass is 469 g/mol. The van der Waals surface area contributed by atoms with Gasteiger partial charge in [-0.25, -0.2) is 0 Å². The third-order valence-electron chi connectivity index (χ3n) is 4.60. The molecular weight excluding hydrogens is 433 g/mol. The second-order valence-corrected chi connectivity index (χ2v) is 6.75. The Morgan fingerprint density at radius 1 is 1.08 bits per heavy atom. The van der Waals surface area contributed by atoms with Crippen LogP contribution >= 0.6 is 24.0 Å². The lowest BCUT2D eigenvalue weighted by Gasteiger charge is -2.34. The minimum Gasteiger partial charge on any atom is -0.385 e. The highest BCUT2D eigenvalue weighted by Crippen LogP contribution is 2.28. The Morgan fingerprint density at radius 3 is 2.48 bits per heavy atom. The Morgan fingerprint density at radius 2 is 1.84 bits per heavy atom. The number of guanidine groups is 1. The number of hydrogen-bond acceptors (Lipinski definition) is 4. The van der Waals surface area contributed by atoms with Crippen LogP contribution in [0.25, 0.3) is 0 Å². The molecule has 0 spiro atoms. The number of aliphatic imine (C=N–C) groups is 1. The molecule has 0 aromatic heterocycles. The highest BCUT2D eigenvalue weighted by molar-refractivity contribution is 14.0. The van der Waals surface area contributed by atoms with E-state index in [1.807, 2.05) is 7.05 Å². The van der Waals surface area contributed by atoms with E-state index in [9.17, 15) is 0 Å². The van der Waals surface area contributed by atoms with Crippen molar-refractivity contribution >= 4 is 29.9 Å². The van der Waals surface area contributed by atoms with Gasteiger partial charge in [-0.15, -0.1) is 24.0 Å². The van der Waals surface area contributed by atoms with Crippen LogP contribution in [0.5, 0.6) is 0 Å². The van der Waals surface area contributed by atoms with Gasteiger partial charge in [0.1, 0.15) is 0 Å². The molecule has 0 aromatic carbocycles. The molecule has 2 rings (SSSR count). The first-order chi connectivity index (χ1) is 11.8. The summed E-state index contributed by atoms with van der Waals surface area (Å²) in [6.45, 7) is 6.31. The maximum Gasteiger partial charge on any atom is 0.193 e. The van der Waals surface area contributed by atoms with E-state index in [2.05, 4.69) is 15.2 Å². The second-order valence-electron chi connectivity index (χ2n) is 6.75. The summed E-state index contributed by atoms with van der Waals surface area (Å²) in [6.07, 6.45) is 7.24. The molecule has 1 aliphatic heterocycles. The van der Waals surface area contributed by atoms with Crippen LogP contribution in [-0.4, -0.2) is 77.2 Å². The predicted octanol–water partition coefficient (Wildman–Crippen LogP) is 2.51. The Labute approximate surface area is 170 Å². The predicted molar refractivity (Wildman–Crippen MR) is 112 cm³/mol. The molecule has 148 valence electrons. The van der Waals surface area contributed by atoms with Crippen LogP contribution in [0.4, 0.5) is 0 Å². The van der Waals surface area contributed by atoms with Crippen LogP contribution in [0.2, 0.25) is 0 Å². The fraction of sp³-hybridized carbons (Fsp3) is 0.944. The molecule has 0 bridgehead atoms. The van der Waals surface area contributed by atoms with Gasteiger partial charge in [-0.05, 0) is 44.4 Å². The van der Waals surface area contributed by atoms with Gasteiger partial charge in [0, 0.05) is 60.2 Å². The molecule has 0 amide bonds. The van der Waals surface area contributed by atoms with Crippen molar-refractivity contribution in [2.24, 2.45) is 10.9 Å². The molecule has 7 heteroatoms. The summed E-state index contributed by atoms with van der Waals surface area (Å²) in [7, 11) is 3.59. The van der Waals surface area contributed by atoms with Gasteiger partial charge in [0.25, 0.3) is 0 Å². The highest BCUT2D eigenvalue weighted by atomic mass is 127. The first kappa shape index (κ1) is 22.9. The zero-order chi connectivity index (χ0) is 17.0. The van der Waals surface area contributed by atoms with Crippen LogP contribution in [0, 0.1) is 5.92 Å². The zero-order valence-electron chi connectivity index (χ0n) is 15.9. The van der Waals surface area contributed by atoms with Gasteiger partial charge in [0.2, 0.25) is 0 Å². The lowest BCUT2D eigenvalue weighted by Crippen LogP contribution is -2.47. The zero-order valence-corrected chi connectivity index (χ0v) is 18.2. The Hall–Kier alpha value is -0.120. The largest absolute Gasteiger partial charge is 0.385 e. The van der Waals surface area contributed by atoms with Gasteiger partial charge in [0.15, 0.2) is 5.96 Å². The van der Waals surface area contributed by atoms with Crippen LogP contribution in [0.15, 0.2) is 4.99 Å². The van der Waals surface area contributed by atoms with Crippen molar-refractivity contribution in [2.75, 3.05) is 60.2 Å². The molecule has 1 saturated heterocycles. The average molecular weight is 469 g/mol. The first-order valence-electron chi connectivity index (χ1n) is 9.47. The lowest BCUT2D eigenvalue weighted by atomic mass is 10.1.